The largest absolute Gasteiger partial charge is 0.506 e. The van der Waals surface area contributed by atoms with Gasteiger partial charge in [-0.05, 0) is 107 Å². The van der Waals surface area contributed by atoms with Crippen LogP contribution in [0.15, 0.2) is 57.9 Å². The highest BCUT2D eigenvalue weighted by Gasteiger charge is 2.10. The molecule has 3 aromatic carbocycles. The van der Waals surface area contributed by atoms with Gasteiger partial charge in [-0.15, -0.1) is 0 Å². The van der Waals surface area contributed by atoms with Gasteiger partial charge in [0.2, 0.25) is 5.89 Å². The van der Waals surface area contributed by atoms with E-state index in [0.29, 0.717) is 11.5 Å². The number of halogens is 2. The molecule has 1 heterocycles. The van der Waals surface area contributed by atoms with Crippen molar-refractivity contribution in [3.8, 4) is 17.2 Å². The Morgan fingerprint density at radius 3 is 2.68 bits per heavy atom. The van der Waals surface area contributed by atoms with E-state index in [9.17, 15) is 5.11 Å². The predicted octanol–water partition coefficient (Wildman–Crippen LogP) is 6.78. The van der Waals surface area contributed by atoms with Crippen LogP contribution >= 0.6 is 45.2 Å². The molecule has 0 radical (unpaired) electrons. The molecule has 6 heteroatoms. The maximum atomic E-state index is 10.3. The third kappa shape index (κ3) is 3.93. The van der Waals surface area contributed by atoms with Crippen molar-refractivity contribution in [2.24, 2.45) is 4.99 Å². The molecule has 0 aliphatic rings. The lowest BCUT2D eigenvalue weighted by atomic mass is 10.1. The molecule has 0 bridgehead atoms. The highest BCUT2D eigenvalue weighted by molar-refractivity contribution is 14.1. The minimum Gasteiger partial charge on any atom is -0.506 e. The zero-order chi connectivity index (χ0) is 19.8. The number of aliphatic imine (C=N–C) groups is 1. The highest BCUT2D eigenvalue weighted by atomic mass is 127. The monoisotopic (exact) mass is 594 g/mol. The molecule has 0 fully saturated rings. The Labute approximate surface area is 190 Å². The average molecular weight is 594 g/mol. The maximum absolute atomic E-state index is 10.3. The fourth-order valence-electron chi connectivity index (χ4n) is 2.86. The Kier molecular flexibility index (Phi) is 5.42. The van der Waals surface area contributed by atoms with Crippen LogP contribution in [0.2, 0.25) is 0 Å². The minimum absolute atomic E-state index is 0.243. The van der Waals surface area contributed by atoms with Gasteiger partial charge in [0.15, 0.2) is 5.58 Å². The number of fused-ring (bicyclic) bond motifs is 1. The second-order valence-electron chi connectivity index (χ2n) is 6.58. The molecule has 0 aliphatic carbocycles. The molecular formula is C22H16I2N2O2. The normalized spacial score (nSPS) is 11.6. The summed E-state index contributed by atoms with van der Waals surface area (Å²) in [5.74, 6) is 0.816. The van der Waals surface area contributed by atoms with Crippen molar-refractivity contribution in [3.63, 3.8) is 0 Å². The predicted molar refractivity (Wildman–Crippen MR) is 130 cm³/mol. The van der Waals surface area contributed by atoms with Gasteiger partial charge in [0.25, 0.3) is 0 Å². The number of aryl methyl sites for hydroxylation is 2. The van der Waals surface area contributed by atoms with E-state index >= 15 is 0 Å². The van der Waals surface area contributed by atoms with Crippen LogP contribution in [-0.2, 0) is 0 Å². The number of hydrogen-bond donors (Lipinski definition) is 1. The molecule has 4 aromatic rings. The topological polar surface area (TPSA) is 58.6 Å². The Balaban J connectivity index is 1.73. The molecular weight excluding hydrogens is 578 g/mol. The number of phenols is 1. The van der Waals surface area contributed by atoms with E-state index in [1.807, 2.05) is 62.4 Å². The molecule has 0 unspecified atom stereocenters. The van der Waals surface area contributed by atoms with E-state index in [0.717, 1.165) is 40.6 Å². The van der Waals surface area contributed by atoms with Gasteiger partial charge >= 0.3 is 0 Å². The molecule has 0 amide bonds. The summed E-state index contributed by atoms with van der Waals surface area (Å²) in [5, 5.41) is 10.3. The molecule has 28 heavy (non-hydrogen) atoms. The van der Waals surface area contributed by atoms with Crippen molar-refractivity contribution in [2.45, 2.75) is 13.8 Å². The van der Waals surface area contributed by atoms with Gasteiger partial charge in [-0.3, -0.25) is 4.99 Å². The second kappa shape index (κ2) is 7.82. The van der Waals surface area contributed by atoms with Crippen LogP contribution in [-0.4, -0.2) is 16.3 Å². The molecule has 0 saturated carbocycles. The third-order valence-electron chi connectivity index (χ3n) is 4.40. The molecule has 4 nitrogen and oxygen atoms in total. The summed E-state index contributed by atoms with van der Waals surface area (Å²) in [6, 6.07) is 15.7. The first-order valence-corrected chi connectivity index (χ1v) is 10.8. The Morgan fingerprint density at radius 2 is 1.86 bits per heavy atom. The van der Waals surface area contributed by atoms with Crippen molar-refractivity contribution in [3.05, 3.63) is 72.4 Å². The quantitative estimate of drug-likeness (QED) is 0.210. The number of phenolic OH excluding ortho intramolecular Hbond substituents is 1. The smallest absolute Gasteiger partial charge is 0.227 e. The maximum Gasteiger partial charge on any atom is 0.227 e. The van der Waals surface area contributed by atoms with Crippen LogP contribution in [0.4, 0.5) is 5.69 Å². The van der Waals surface area contributed by atoms with Gasteiger partial charge in [0, 0.05) is 20.9 Å². The van der Waals surface area contributed by atoms with Crippen molar-refractivity contribution in [1.29, 1.82) is 0 Å². The van der Waals surface area contributed by atoms with Gasteiger partial charge in [-0.25, -0.2) is 4.98 Å². The Morgan fingerprint density at radius 1 is 1.04 bits per heavy atom. The lowest BCUT2D eigenvalue weighted by Crippen LogP contribution is -1.88. The van der Waals surface area contributed by atoms with Gasteiger partial charge in [-0.1, -0.05) is 12.1 Å². The number of rotatable bonds is 3. The molecule has 0 spiro atoms. The van der Waals surface area contributed by atoms with Crippen molar-refractivity contribution in [1.82, 2.24) is 4.98 Å². The van der Waals surface area contributed by atoms with E-state index < -0.39 is 0 Å². The zero-order valence-corrected chi connectivity index (χ0v) is 19.5. The van der Waals surface area contributed by atoms with E-state index in [4.69, 9.17) is 4.42 Å². The first-order chi connectivity index (χ1) is 13.4. The van der Waals surface area contributed by atoms with E-state index in [-0.39, 0.29) is 5.75 Å². The lowest BCUT2D eigenvalue weighted by molar-refractivity contribution is 0.470. The fourth-order valence-corrected chi connectivity index (χ4v) is 4.75. The molecule has 1 N–H and O–H groups in total. The molecule has 140 valence electrons. The summed E-state index contributed by atoms with van der Waals surface area (Å²) in [5.41, 5.74) is 6.15. The average Bonchev–Trinajstić information content (AvgIpc) is 3.07. The standard InChI is InChI=1S/C22H16I2N2O2/c1-12-3-6-18-20(7-12)28-22(26-18)14-5-4-13(2)19(9-14)25-11-15-8-16(23)10-17(24)21(15)27/h3-11,27H,1-2H3. The highest BCUT2D eigenvalue weighted by Crippen LogP contribution is 2.31. The lowest BCUT2D eigenvalue weighted by Gasteiger charge is -2.05. The van der Waals surface area contributed by atoms with Gasteiger partial charge in [-0.2, -0.15) is 0 Å². The second-order valence-corrected chi connectivity index (χ2v) is 8.98. The summed E-state index contributed by atoms with van der Waals surface area (Å²) < 4.78 is 7.79. The van der Waals surface area contributed by atoms with Gasteiger partial charge < -0.3 is 9.52 Å². The molecule has 0 saturated heterocycles. The van der Waals surface area contributed by atoms with E-state index in [1.165, 1.54) is 0 Å². The summed E-state index contributed by atoms with van der Waals surface area (Å²) in [7, 11) is 0. The first-order valence-electron chi connectivity index (χ1n) is 8.61. The first kappa shape index (κ1) is 19.4. The van der Waals surface area contributed by atoms with Crippen LogP contribution < -0.4 is 0 Å². The summed E-state index contributed by atoms with van der Waals surface area (Å²) in [6.45, 7) is 4.03. The minimum atomic E-state index is 0.243. The number of oxazole rings is 1. The van der Waals surface area contributed by atoms with Crippen molar-refractivity contribution >= 4 is 68.2 Å². The van der Waals surface area contributed by atoms with Crippen molar-refractivity contribution in [2.75, 3.05) is 0 Å². The summed E-state index contributed by atoms with van der Waals surface area (Å²) in [6.07, 6.45) is 1.70. The van der Waals surface area contributed by atoms with Crippen LogP contribution in [0, 0.1) is 21.0 Å². The number of aromatic hydroxyl groups is 1. The van der Waals surface area contributed by atoms with E-state index in [1.54, 1.807) is 6.21 Å². The SMILES string of the molecule is Cc1ccc2nc(-c3ccc(C)c(N=Cc4cc(I)cc(I)c4O)c3)oc2c1. The zero-order valence-electron chi connectivity index (χ0n) is 15.2. The molecule has 4 rings (SSSR count). The number of aromatic nitrogens is 1. The van der Waals surface area contributed by atoms with Crippen LogP contribution in [0.5, 0.6) is 5.75 Å². The van der Waals surface area contributed by atoms with Crippen LogP contribution in [0.25, 0.3) is 22.6 Å². The molecule has 0 aliphatic heterocycles. The fraction of sp³-hybridized carbons (Fsp3) is 0.0909. The van der Waals surface area contributed by atoms with Gasteiger partial charge in [0.05, 0.1) is 9.26 Å². The third-order valence-corrected chi connectivity index (χ3v) is 5.85. The summed E-state index contributed by atoms with van der Waals surface area (Å²) in [4.78, 5) is 9.20. The molecule has 1 aromatic heterocycles. The van der Waals surface area contributed by atoms with Crippen LogP contribution in [0.3, 0.4) is 0 Å². The number of hydrogen-bond acceptors (Lipinski definition) is 4. The number of benzene rings is 3. The molecule has 0 atom stereocenters. The summed E-state index contributed by atoms with van der Waals surface area (Å²) >= 11 is 4.35. The van der Waals surface area contributed by atoms with Gasteiger partial charge in [0.1, 0.15) is 11.3 Å². The van der Waals surface area contributed by atoms with Crippen LogP contribution in [0.1, 0.15) is 16.7 Å². The number of nitrogens with zero attached hydrogens (tertiary/aromatic N) is 2. The van der Waals surface area contributed by atoms with E-state index in [2.05, 4.69) is 55.2 Å². The Hall–Kier alpha value is -1.94. The Bertz CT molecular complexity index is 1230. The van der Waals surface area contributed by atoms with Crippen molar-refractivity contribution < 1.29 is 9.52 Å².